The standard InChI is InChI=1S/C20H25NO4/c1-14(2)5-12-20(22)21-15-6-11-18(24-4)19(13-15)25-17-9-7-16(23-3)8-10-17/h6-11,13-14H,5,12H2,1-4H3,(H,21,22). The van der Waals surface area contributed by atoms with E-state index in [0.717, 1.165) is 12.2 Å². The van der Waals surface area contributed by atoms with E-state index in [9.17, 15) is 4.79 Å². The molecule has 0 heterocycles. The first kappa shape index (κ1) is 18.6. The van der Waals surface area contributed by atoms with E-state index in [1.807, 2.05) is 24.3 Å². The summed E-state index contributed by atoms with van der Waals surface area (Å²) in [5.74, 6) is 3.03. The molecule has 134 valence electrons. The van der Waals surface area contributed by atoms with Gasteiger partial charge in [0.15, 0.2) is 11.5 Å². The molecular weight excluding hydrogens is 318 g/mol. The van der Waals surface area contributed by atoms with Gasteiger partial charge in [0.25, 0.3) is 0 Å². The fourth-order valence-electron chi connectivity index (χ4n) is 2.25. The van der Waals surface area contributed by atoms with Crippen LogP contribution in [0.3, 0.4) is 0 Å². The van der Waals surface area contributed by atoms with Crippen molar-refractivity contribution in [3.05, 3.63) is 42.5 Å². The largest absolute Gasteiger partial charge is 0.497 e. The van der Waals surface area contributed by atoms with Crippen LogP contribution in [0.4, 0.5) is 5.69 Å². The summed E-state index contributed by atoms with van der Waals surface area (Å²) in [5.41, 5.74) is 0.679. The monoisotopic (exact) mass is 343 g/mol. The first-order valence-electron chi connectivity index (χ1n) is 8.31. The first-order chi connectivity index (χ1) is 12.0. The fraction of sp³-hybridized carbons (Fsp3) is 0.350. The van der Waals surface area contributed by atoms with Crippen molar-refractivity contribution in [3.8, 4) is 23.0 Å². The molecule has 0 aliphatic rings. The molecular formula is C20H25NO4. The van der Waals surface area contributed by atoms with Gasteiger partial charge in [0.1, 0.15) is 11.5 Å². The van der Waals surface area contributed by atoms with Gasteiger partial charge in [-0.05, 0) is 48.7 Å². The lowest BCUT2D eigenvalue weighted by molar-refractivity contribution is -0.116. The van der Waals surface area contributed by atoms with Gasteiger partial charge in [-0.15, -0.1) is 0 Å². The van der Waals surface area contributed by atoms with Gasteiger partial charge in [0.2, 0.25) is 5.91 Å². The average molecular weight is 343 g/mol. The van der Waals surface area contributed by atoms with Crippen LogP contribution in [0.2, 0.25) is 0 Å². The molecule has 25 heavy (non-hydrogen) atoms. The summed E-state index contributed by atoms with van der Waals surface area (Å²) in [7, 11) is 3.20. The maximum atomic E-state index is 12.0. The maximum Gasteiger partial charge on any atom is 0.224 e. The minimum Gasteiger partial charge on any atom is -0.497 e. The molecule has 0 aliphatic heterocycles. The van der Waals surface area contributed by atoms with Gasteiger partial charge in [0, 0.05) is 18.2 Å². The van der Waals surface area contributed by atoms with Crippen molar-refractivity contribution in [2.24, 2.45) is 5.92 Å². The number of hydrogen-bond donors (Lipinski definition) is 1. The third-order valence-electron chi connectivity index (χ3n) is 3.68. The number of rotatable bonds is 8. The Morgan fingerprint density at radius 1 is 0.960 bits per heavy atom. The van der Waals surface area contributed by atoms with Crippen molar-refractivity contribution in [2.45, 2.75) is 26.7 Å². The Bertz CT molecular complexity index is 695. The Labute approximate surface area is 148 Å². The molecule has 2 rings (SSSR count). The van der Waals surface area contributed by atoms with Gasteiger partial charge in [-0.1, -0.05) is 13.8 Å². The molecule has 1 amide bonds. The average Bonchev–Trinajstić information content (AvgIpc) is 2.61. The lowest BCUT2D eigenvalue weighted by atomic mass is 10.1. The molecule has 0 aromatic heterocycles. The van der Waals surface area contributed by atoms with Crippen molar-refractivity contribution >= 4 is 11.6 Å². The first-order valence-corrected chi connectivity index (χ1v) is 8.31. The van der Waals surface area contributed by atoms with Crippen LogP contribution >= 0.6 is 0 Å². The SMILES string of the molecule is COc1ccc(Oc2cc(NC(=O)CCC(C)C)ccc2OC)cc1. The minimum absolute atomic E-state index is 0.00531. The molecule has 2 aromatic carbocycles. The zero-order chi connectivity index (χ0) is 18.2. The lowest BCUT2D eigenvalue weighted by Gasteiger charge is -2.13. The van der Waals surface area contributed by atoms with Crippen LogP contribution in [0.1, 0.15) is 26.7 Å². The number of anilines is 1. The van der Waals surface area contributed by atoms with Crippen molar-refractivity contribution < 1.29 is 19.0 Å². The molecule has 2 aromatic rings. The summed E-state index contributed by atoms with van der Waals surface area (Å²) in [6.07, 6.45) is 1.36. The van der Waals surface area contributed by atoms with Gasteiger partial charge >= 0.3 is 0 Å². The van der Waals surface area contributed by atoms with Crippen molar-refractivity contribution in [2.75, 3.05) is 19.5 Å². The van der Waals surface area contributed by atoms with Crippen molar-refractivity contribution in [3.63, 3.8) is 0 Å². The topological polar surface area (TPSA) is 56.8 Å². The normalized spacial score (nSPS) is 10.4. The van der Waals surface area contributed by atoms with E-state index in [2.05, 4.69) is 19.2 Å². The van der Waals surface area contributed by atoms with Gasteiger partial charge in [-0.3, -0.25) is 4.79 Å². The van der Waals surface area contributed by atoms with Gasteiger partial charge in [-0.25, -0.2) is 0 Å². The molecule has 0 saturated heterocycles. The van der Waals surface area contributed by atoms with E-state index in [1.165, 1.54) is 0 Å². The van der Waals surface area contributed by atoms with Crippen LogP contribution in [0.5, 0.6) is 23.0 Å². The third kappa shape index (κ3) is 5.71. The number of ether oxygens (including phenoxy) is 3. The second kappa shape index (κ2) is 8.97. The lowest BCUT2D eigenvalue weighted by Crippen LogP contribution is -2.12. The van der Waals surface area contributed by atoms with Crippen LogP contribution in [-0.4, -0.2) is 20.1 Å². The smallest absolute Gasteiger partial charge is 0.224 e. The molecule has 0 radical (unpaired) electrons. The Kier molecular flexibility index (Phi) is 6.69. The summed E-state index contributed by atoms with van der Waals surface area (Å²) < 4.78 is 16.4. The predicted octanol–water partition coefficient (Wildman–Crippen LogP) is 4.87. The van der Waals surface area contributed by atoms with Gasteiger partial charge < -0.3 is 19.5 Å². The summed E-state index contributed by atoms with van der Waals surface area (Å²) in [6, 6.07) is 12.6. The highest BCUT2D eigenvalue weighted by molar-refractivity contribution is 5.91. The predicted molar refractivity (Wildman–Crippen MR) is 98.8 cm³/mol. The van der Waals surface area contributed by atoms with Crippen LogP contribution in [0, 0.1) is 5.92 Å². The van der Waals surface area contributed by atoms with Crippen LogP contribution in [0.15, 0.2) is 42.5 Å². The van der Waals surface area contributed by atoms with Crippen LogP contribution in [0.25, 0.3) is 0 Å². The van der Waals surface area contributed by atoms with Gasteiger partial charge in [-0.2, -0.15) is 0 Å². The van der Waals surface area contributed by atoms with E-state index < -0.39 is 0 Å². The third-order valence-corrected chi connectivity index (χ3v) is 3.68. The van der Waals surface area contributed by atoms with Crippen molar-refractivity contribution in [1.29, 1.82) is 0 Å². The number of hydrogen-bond acceptors (Lipinski definition) is 4. The molecule has 0 bridgehead atoms. The van der Waals surface area contributed by atoms with Crippen molar-refractivity contribution in [1.82, 2.24) is 0 Å². The Morgan fingerprint density at radius 2 is 1.64 bits per heavy atom. The molecule has 0 fully saturated rings. The Morgan fingerprint density at radius 3 is 2.24 bits per heavy atom. The van der Waals surface area contributed by atoms with Gasteiger partial charge in [0.05, 0.1) is 14.2 Å². The quantitative estimate of drug-likeness (QED) is 0.743. The molecule has 0 spiro atoms. The molecule has 0 atom stereocenters. The second-order valence-corrected chi connectivity index (χ2v) is 6.12. The summed E-state index contributed by atoms with van der Waals surface area (Å²) in [4.78, 5) is 12.0. The highest BCUT2D eigenvalue weighted by atomic mass is 16.5. The van der Waals surface area contributed by atoms with E-state index in [-0.39, 0.29) is 5.91 Å². The highest BCUT2D eigenvalue weighted by Gasteiger charge is 2.10. The van der Waals surface area contributed by atoms with E-state index in [4.69, 9.17) is 14.2 Å². The number of benzene rings is 2. The van der Waals surface area contributed by atoms with Crippen LogP contribution < -0.4 is 19.5 Å². The number of methoxy groups -OCH3 is 2. The zero-order valence-electron chi connectivity index (χ0n) is 15.2. The minimum atomic E-state index is -0.00531. The summed E-state index contributed by atoms with van der Waals surface area (Å²) in [5, 5.41) is 2.90. The molecule has 0 unspecified atom stereocenters. The molecule has 1 N–H and O–H groups in total. The number of carbonyl (C=O) groups excluding carboxylic acids is 1. The van der Waals surface area contributed by atoms with E-state index >= 15 is 0 Å². The van der Waals surface area contributed by atoms with Crippen LogP contribution in [-0.2, 0) is 4.79 Å². The highest BCUT2D eigenvalue weighted by Crippen LogP contribution is 2.34. The second-order valence-electron chi connectivity index (χ2n) is 6.12. The fourth-order valence-corrected chi connectivity index (χ4v) is 2.25. The summed E-state index contributed by atoms with van der Waals surface area (Å²) >= 11 is 0. The number of carbonyl (C=O) groups is 1. The Hall–Kier alpha value is -2.69. The molecule has 5 nitrogen and oxygen atoms in total. The molecule has 5 heteroatoms. The van der Waals surface area contributed by atoms with E-state index in [1.54, 1.807) is 32.4 Å². The van der Waals surface area contributed by atoms with E-state index in [0.29, 0.717) is 35.3 Å². The number of nitrogens with one attached hydrogen (secondary N) is 1. The number of amides is 1. The summed E-state index contributed by atoms with van der Waals surface area (Å²) in [6.45, 7) is 4.20. The zero-order valence-corrected chi connectivity index (χ0v) is 15.2. The molecule has 0 aliphatic carbocycles. The maximum absolute atomic E-state index is 12.0. The molecule has 0 saturated carbocycles. The Balaban J connectivity index is 2.11.